The number of nitrogens with zero attached hydrogens (tertiary/aromatic N) is 1. The second-order valence-electron chi connectivity index (χ2n) is 4.52. The third-order valence-electron chi connectivity index (χ3n) is 2.83. The third kappa shape index (κ3) is 3.46. The first-order chi connectivity index (χ1) is 9.59. The van der Waals surface area contributed by atoms with Gasteiger partial charge in [-0.1, -0.05) is 30.3 Å². The summed E-state index contributed by atoms with van der Waals surface area (Å²) >= 11 is 3.41. The van der Waals surface area contributed by atoms with Crippen molar-refractivity contribution < 1.29 is 9.90 Å². The summed E-state index contributed by atoms with van der Waals surface area (Å²) in [5, 5.41) is 18.8. The highest BCUT2D eigenvalue weighted by atomic mass is 79.9. The van der Waals surface area contributed by atoms with Gasteiger partial charge in [-0.3, -0.25) is 9.89 Å². The van der Waals surface area contributed by atoms with E-state index in [1.54, 1.807) is 6.92 Å². The highest BCUT2D eigenvalue weighted by Gasteiger charge is 2.17. The number of aliphatic hydroxyl groups is 1. The van der Waals surface area contributed by atoms with Gasteiger partial charge in [-0.2, -0.15) is 5.10 Å². The summed E-state index contributed by atoms with van der Waals surface area (Å²) in [6.07, 6.45) is 0.0867. The number of rotatable bonds is 5. The van der Waals surface area contributed by atoms with E-state index in [2.05, 4.69) is 31.4 Å². The van der Waals surface area contributed by atoms with Crippen LogP contribution in [0.15, 0.2) is 34.8 Å². The molecular weight excluding hydrogens is 322 g/mol. The Kier molecular flexibility index (Phi) is 4.92. The molecule has 0 fully saturated rings. The number of aliphatic hydroxyl groups excluding tert-OH is 1. The first kappa shape index (κ1) is 14.7. The predicted octanol–water partition coefficient (Wildman–Crippen LogP) is 2.34. The van der Waals surface area contributed by atoms with Crippen LogP contribution in [0.3, 0.4) is 0 Å². The van der Waals surface area contributed by atoms with Crippen LogP contribution >= 0.6 is 15.9 Å². The number of halogens is 1. The molecule has 0 aliphatic carbocycles. The van der Waals surface area contributed by atoms with Crippen LogP contribution in [-0.2, 0) is 0 Å². The lowest BCUT2D eigenvalue weighted by Gasteiger charge is -2.05. The minimum absolute atomic E-state index is 0.243. The van der Waals surface area contributed by atoms with Crippen molar-refractivity contribution in [3.8, 4) is 11.3 Å². The molecule has 1 amide bonds. The molecule has 106 valence electrons. The number of carbonyl (C=O) groups is 1. The van der Waals surface area contributed by atoms with E-state index < -0.39 is 6.10 Å². The van der Waals surface area contributed by atoms with Gasteiger partial charge >= 0.3 is 0 Å². The maximum absolute atomic E-state index is 12.0. The fraction of sp³-hybridized carbons (Fsp3) is 0.286. The Morgan fingerprint density at radius 2 is 2.15 bits per heavy atom. The van der Waals surface area contributed by atoms with Gasteiger partial charge in [0.25, 0.3) is 5.91 Å². The summed E-state index contributed by atoms with van der Waals surface area (Å²) in [5.41, 5.74) is 2.01. The Hall–Kier alpha value is -1.66. The molecule has 2 aromatic rings. The maximum atomic E-state index is 12.0. The monoisotopic (exact) mass is 337 g/mol. The number of benzene rings is 1. The van der Waals surface area contributed by atoms with Crippen LogP contribution in [0.1, 0.15) is 23.8 Å². The van der Waals surface area contributed by atoms with E-state index in [0.717, 1.165) is 5.56 Å². The third-order valence-corrected chi connectivity index (χ3v) is 3.60. The Morgan fingerprint density at radius 1 is 1.45 bits per heavy atom. The molecule has 1 heterocycles. The van der Waals surface area contributed by atoms with E-state index in [9.17, 15) is 4.79 Å². The van der Waals surface area contributed by atoms with Gasteiger partial charge in [-0.25, -0.2) is 0 Å². The number of H-pyrrole nitrogens is 1. The maximum Gasteiger partial charge on any atom is 0.270 e. The minimum Gasteiger partial charge on any atom is -0.393 e. The zero-order valence-electron chi connectivity index (χ0n) is 11.1. The summed E-state index contributed by atoms with van der Waals surface area (Å²) < 4.78 is 0.637. The van der Waals surface area contributed by atoms with Crippen molar-refractivity contribution in [1.82, 2.24) is 15.5 Å². The Morgan fingerprint density at radius 3 is 2.80 bits per heavy atom. The Bertz CT molecular complexity index is 581. The molecule has 6 heteroatoms. The van der Waals surface area contributed by atoms with Gasteiger partial charge in [-0.05, 0) is 29.3 Å². The van der Waals surface area contributed by atoms with Gasteiger partial charge in [0.2, 0.25) is 0 Å². The standard InChI is InChI=1S/C14H16BrN3O2/c1-9(19)7-8-16-14(20)13-11(15)12(17-18-13)10-5-3-2-4-6-10/h2-6,9,19H,7-8H2,1H3,(H,16,20)(H,17,18). The summed E-state index contributed by atoms with van der Waals surface area (Å²) in [4.78, 5) is 12.0. The number of hydrogen-bond donors (Lipinski definition) is 3. The Labute approximate surface area is 125 Å². The molecule has 0 radical (unpaired) electrons. The molecular formula is C14H16BrN3O2. The molecule has 0 saturated heterocycles. The summed E-state index contributed by atoms with van der Waals surface area (Å²) in [7, 11) is 0. The molecule has 0 aliphatic rings. The van der Waals surface area contributed by atoms with Crippen molar-refractivity contribution in [1.29, 1.82) is 0 Å². The molecule has 5 nitrogen and oxygen atoms in total. The van der Waals surface area contributed by atoms with Crippen LogP contribution in [0.4, 0.5) is 0 Å². The van der Waals surface area contributed by atoms with Crippen molar-refractivity contribution >= 4 is 21.8 Å². The highest BCUT2D eigenvalue weighted by molar-refractivity contribution is 9.10. The molecule has 2 rings (SSSR count). The zero-order chi connectivity index (χ0) is 14.5. The number of aromatic nitrogens is 2. The molecule has 1 aromatic carbocycles. The van der Waals surface area contributed by atoms with Crippen LogP contribution in [0.5, 0.6) is 0 Å². The van der Waals surface area contributed by atoms with Gasteiger partial charge in [0.15, 0.2) is 0 Å². The largest absolute Gasteiger partial charge is 0.393 e. The quantitative estimate of drug-likeness (QED) is 0.783. The van der Waals surface area contributed by atoms with Crippen molar-refractivity contribution in [2.45, 2.75) is 19.4 Å². The molecule has 20 heavy (non-hydrogen) atoms. The van der Waals surface area contributed by atoms with Crippen LogP contribution < -0.4 is 5.32 Å². The van der Waals surface area contributed by atoms with E-state index >= 15 is 0 Å². The molecule has 0 bridgehead atoms. The number of amides is 1. The van der Waals surface area contributed by atoms with E-state index in [-0.39, 0.29) is 5.91 Å². The first-order valence-electron chi connectivity index (χ1n) is 6.35. The summed E-state index contributed by atoms with van der Waals surface area (Å²) in [6, 6.07) is 9.61. The molecule has 0 aliphatic heterocycles. The van der Waals surface area contributed by atoms with Gasteiger partial charge in [0.1, 0.15) is 11.4 Å². The molecule has 0 saturated carbocycles. The van der Waals surface area contributed by atoms with Gasteiger partial charge in [-0.15, -0.1) is 0 Å². The first-order valence-corrected chi connectivity index (χ1v) is 7.14. The Balaban J connectivity index is 2.11. The molecule has 1 aromatic heterocycles. The number of aromatic amines is 1. The van der Waals surface area contributed by atoms with E-state index in [1.807, 2.05) is 30.3 Å². The van der Waals surface area contributed by atoms with Crippen molar-refractivity contribution in [3.05, 3.63) is 40.5 Å². The predicted molar refractivity (Wildman–Crippen MR) is 80.4 cm³/mol. The van der Waals surface area contributed by atoms with Crippen molar-refractivity contribution in [3.63, 3.8) is 0 Å². The van der Waals surface area contributed by atoms with Gasteiger partial charge < -0.3 is 10.4 Å². The van der Waals surface area contributed by atoms with E-state index in [4.69, 9.17) is 5.11 Å². The smallest absolute Gasteiger partial charge is 0.270 e. The lowest BCUT2D eigenvalue weighted by Crippen LogP contribution is -2.27. The molecule has 1 atom stereocenters. The van der Waals surface area contributed by atoms with Crippen molar-refractivity contribution in [2.24, 2.45) is 0 Å². The highest BCUT2D eigenvalue weighted by Crippen LogP contribution is 2.28. The lowest BCUT2D eigenvalue weighted by atomic mass is 10.1. The lowest BCUT2D eigenvalue weighted by molar-refractivity contribution is 0.0940. The van der Waals surface area contributed by atoms with Crippen LogP contribution in [0.2, 0.25) is 0 Å². The average Bonchev–Trinajstić information content (AvgIpc) is 2.81. The van der Waals surface area contributed by atoms with Gasteiger partial charge in [0, 0.05) is 12.1 Å². The average molecular weight is 338 g/mol. The van der Waals surface area contributed by atoms with E-state index in [1.165, 1.54) is 0 Å². The zero-order valence-corrected chi connectivity index (χ0v) is 12.6. The molecule has 3 N–H and O–H groups in total. The minimum atomic E-state index is -0.430. The van der Waals surface area contributed by atoms with Crippen LogP contribution in [0, 0.1) is 0 Å². The SMILES string of the molecule is CC(O)CCNC(=O)c1[nH]nc(-c2ccccc2)c1Br. The topological polar surface area (TPSA) is 78.0 Å². The number of nitrogens with one attached hydrogen (secondary N) is 2. The van der Waals surface area contributed by atoms with Crippen molar-refractivity contribution in [2.75, 3.05) is 6.54 Å². The van der Waals surface area contributed by atoms with E-state index in [0.29, 0.717) is 28.8 Å². The fourth-order valence-electron chi connectivity index (χ4n) is 1.75. The summed E-state index contributed by atoms with van der Waals surface area (Å²) in [5.74, 6) is -0.243. The summed E-state index contributed by atoms with van der Waals surface area (Å²) in [6.45, 7) is 2.11. The van der Waals surface area contributed by atoms with Gasteiger partial charge in [0.05, 0.1) is 10.6 Å². The number of carbonyl (C=O) groups excluding carboxylic acids is 1. The second-order valence-corrected chi connectivity index (χ2v) is 5.31. The van der Waals surface area contributed by atoms with Crippen LogP contribution in [0.25, 0.3) is 11.3 Å². The number of hydrogen-bond acceptors (Lipinski definition) is 3. The second kappa shape index (κ2) is 6.67. The van der Waals surface area contributed by atoms with Crippen LogP contribution in [-0.4, -0.2) is 33.9 Å². The molecule has 1 unspecified atom stereocenters. The molecule has 0 spiro atoms. The fourth-order valence-corrected chi connectivity index (χ4v) is 2.34. The normalized spacial score (nSPS) is 12.2.